The van der Waals surface area contributed by atoms with Gasteiger partial charge in [0.25, 0.3) is 0 Å². The predicted molar refractivity (Wildman–Crippen MR) is 98.1 cm³/mol. The summed E-state index contributed by atoms with van der Waals surface area (Å²) < 4.78 is 11.3. The van der Waals surface area contributed by atoms with Crippen LogP contribution in [0, 0.1) is 0 Å². The Bertz CT molecular complexity index is 809. The quantitative estimate of drug-likeness (QED) is 0.764. The largest absolute Gasteiger partial charge is 0.496 e. The first kappa shape index (κ1) is 16.2. The van der Waals surface area contributed by atoms with Crippen LogP contribution in [0.3, 0.4) is 0 Å². The molecule has 2 unspecified atom stereocenters. The molecule has 2 atom stereocenters. The van der Waals surface area contributed by atoms with E-state index in [1.54, 1.807) is 14.2 Å². The number of hydrogen-bond acceptors (Lipinski definition) is 3. The van der Waals surface area contributed by atoms with Gasteiger partial charge in [0.1, 0.15) is 11.5 Å². The normalized spacial score (nSPS) is 21.4. The van der Waals surface area contributed by atoms with Crippen molar-refractivity contribution in [2.24, 2.45) is 0 Å². The molecular weight excluding hydrogens is 312 g/mol. The van der Waals surface area contributed by atoms with E-state index >= 15 is 0 Å². The Morgan fingerprint density at radius 3 is 2.32 bits per heavy atom. The Balaban J connectivity index is 1.88. The Labute approximate surface area is 149 Å². The molecule has 3 heteroatoms. The van der Waals surface area contributed by atoms with Crippen molar-refractivity contribution in [1.29, 1.82) is 0 Å². The molecule has 4 bridgehead atoms. The molecule has 1 fully saturated rings. The van der Waals surface area contributed by atoms with Crippen molar-refractivity contribution in [3.63, 3.8) is 0 Å². The van der Waals surface area contributed by atoms with Gasteiger partial charge >= 0.3 is 0 Å². The Kier molecular flexibility index (Phi) is 4.24. The Morgan fingerprint density at radius 1 is 0.920 bits per heavy atom. The summed E-state index contributed by atoms with van der Waals surface area (Å²) in [5, 5.41) is 0. The maximum absolute atomic E-state index is 11.6. The third kappa shape index (κ3) is 2.72. The van der Waals surface area contributed by atoms with E-state index in [0.717, 1.165) is 49.9 Å². The van der Waals surface area contributed by atoms with Gasteiger partial charge in [-0.25, -0.2) is 0 Å². The zero-order valence-electron chi connectivity index (χ0n) is 14.9. The van der Waals surface area contributed by atoms with Crippen LogP contribution in [0.15, 0.2) is 30.3 Å². The number of aldehydes is 1. The van der Waals surface area contributed by atoms with Gasteiger partial charge in [0, 0.05) is 0 Å². The van der Waals surface area contributed by atoms with Crippen LogP contribution < -0.4 is 9.47 Å². The van der Waals surface area contributed by atoms with Crippen LogP contribution in [0.4, 0.5) is 0 Å². The van der Waals surface area contributed by atoms with Crippen molar-refractivity contribution < 1.29 is 14.3 Å². The summed E-state index contributed by atoms with van der Waals surface area (Å²) in [6, 6.07) is 10.9. The van der Waals surface area contributed by atoms with Crippen LogP contribution in [-0.2, 0) is 12.8 Å². The van der Waals surface area contributed by atoms with Crippen molar-refractivity contribution in [2.75, 3.05) is 14.2 Å². The lowest BCUT2D eigenvalue weighted by Crippen LogP contribution is -2.23. The first-order valence-corrected chi connectivity index (χ1v) is 9.08. The summed E-state index contributed by atoms with van der Waals surface area (Å²) in [5.41, 5.74) is 5.79. The fraction of sp³-hybridized carbons (Fsp3) is 0.409. The molecule has 2 aromatic rings. The minimum Gasteiger partial charge on any atom is -0.496 e. The number of ether oxygens (including phenoxy) is 2. The number of aryl methyl sites for hydroxylation is 2. The van der Waals surface area contributed by atoms with Crippen LogP contribution in [0.2, 0.25) is 0 Å². The molecule has 130 valence electrons. The van der Waals surface area contributed by atoms with E-state index in [1.165, 1.54) is 22.3 Å². The number of carbonyl (C=O) groups is 1. The van der Waals surface area contributed by atoms with E-state index in [4.69, 9.17) is 9.47 Å². The van der Waals surface area contributed by atoms with E-state index in [2.05, 4.69) is 24.3 Å². The van der Waals surface area contributed by atoms with Gasteiger partial charge in [-0.2, -0.15) is 0 Å². The summed E-state index contributed by atoms with van der Waals surface area (Å²) in [6.07, 6.45) is 6.30. The van der Waals surface area contributed by atoms with Gasteiger partial charge < -0.3 is 9.47 Å². The highest BCUT2D eigenvalue weighted by atomic mass is 16.5. The Hall–Kier alpha value is -2.29. The van der Waals surface area contributed by atoms with Crippen molar-refractivity contribution >= 4 is 6.29 Å². The van der Waals surface area contributed by atoms with Crippen LogP contribution >= 0.6 is 0 Å². The average molecular weight is 336 g/mol. The second-order valence-corrected chi connectivity index (χ2v) is 7.15. The summed E-state index contributed by atoms with van der Waals surface area (Å²) in [6.45, 7) is 0. The standard InChI is InChI=1S/C22H24O3/c1-24-21-9-6-14-4-3-5-15-10-16(13-23)22(25-2)20(12-15)18-8-7-17(18)19(21)11-14/h6,9-13,17-18H,3-5,7-8H2,1-2H3. The average Bonchev–Trinajstić information content (AvgIpc) is 2.61. The predicted octanol–water partition coefficient (Wildman–Crippen LogP) is 4.67. The molecule has 1 saturated carbocycles. The number of fused-ring (bicyclic) bond motifs is 7. The third-order valence-corrected chi connectivity index (χ3v) is 5.84. The first-order chi connectivity index (χ1) is 12.2. The maximum atomic E-state index is 11.6. The summed E-state index contributed by atoms with van der Waals surface area (Å²) in [4.78, 5) is 11.6. The van der Waals surface area contributed by atoms with Gasteiger partial charge in [-0.1, -0.05) is 18.2 Å². The van der Waals surface area contributed by atoms with Crippen LogP contribution in [0.1, 0.15) is 63.7 Å². The topological polar surface area (TPSA) is 35.5 Å². The van der Waals surface area contributed by atoms with Crippen molar-refractivity contribution in [1.82, 2.24) is 0 Å². The molecule has 2 aliphatic carbocycles. The van der Waals surface area contributed by atoms with Crippen molar-refractivity contribution in [2.45, 2.75) is 43.9 Å². The molecule has 0 aromatic heterocycles. The molecule has 0 aliphatic heterocycles. The van der Waals surface area contributed by atoms with Crippen molar-refractivity contribution in [3.05, 3.63) is 58.1 Å². The molecule has 2 aliphatic rings. The molecule has 0 radical (unpaired) electrons. The first-order valence-electron chi connectivity index (χ1n) is 9.08. The number of methoxy groups -OCH3 is 2. The molecule has 3 nitrogen and oxygen atoms in total. The van der Waals surface area contributed by atoms with E-state index in [0.29, 0.717) is 17.4 Å². The minimum absolute atomic E-state index is 0.385. The van der Waals surface area contributed by atoms with Crippen molar-refractivity contribution in [3.8, 4) is 11.5 Å². The van der Waals surface area contributed by atoms with Gasteiger partial charge in [-0.15, -0.1) is 0 Å². The van der Waals surface area contributed by atoms with Gasteiger partial charge in [0.15, 0.2) is 6.29 Å². The molecule has 0 saturated heterocycles. The molecule has 0 heterocycles. The number of rotatable bonds is 3. The lowest BCUT2D eigenvalue weighted by Gasteiger charge is -2.39. The third-order valence-electron chi connectivity index (χ3n) is 5.84. The van der Waals surface area contributed by atoms with Crippen LogP contribution in [0.25, 0.3) is 0 Å². The Morgan fingerprint density at radius 2 is 1.64 bits per heavy atom. The SMILES string of the molecule is COc1ccc2cc1C1CCC1c1cc(cc(C=O)c1OC)CCC2. The molecule has 0 N–H and O–H groups in total. The van der Waals surface area contributed by atoms with E-state index in [9.17, 15) is 4.79 Å². The molecular formula is C22H24O3. The van der Waals surface area contributed by atoms with Crippen LogP contribution in [-0.4, -0.2) is 20.5 Å². The zero-order chi connectivity index (χ0) is 17.4. The number of benzene rings is 2. The van der Waals surface area contributed by atoms with Gasteiger partial charge in [-0.3, -0.25) is 4.79 Å². The highest BCUT2D eigenvalue weighted by molar-refractivity contribution is 5.81. The monoisotopic (exact) mass is 336 g/mol. The molecule has 2 aromatic carbocycles. The fourth-order valence-corrected chi connectivity index (χ4v) is 4.45. The summed E-state index contributed by atoms with van der Waals surface area (Å²) >= 11 is 0. The van der Waals surface area contributed by atoms with E-state index in [-0.39, 0.29) is 0 Å². The number of hydrogen-bond donors (Lipinski definition) is 0. The van der Waals surface area contributed by atoms with Gasteiger partial charge in [0.05, 0.1) is 19.8 Å². The molecule has 0 amide bonds. The smallest absolute Gasteiger partial charge is 0.153 e. The summed E-state index contributed by atoms with van der Waals surface area (Å²) in [5.74, 6) is 2.54. The second kappa shape index (κ2) is 6.55. The molecule has 4 rings (SSSR count). The highest BCUT2D eigenvalue weighted by Gasteiger charge is 2.37. The number of carbonyl (C=O) groups excluding carboxylic acids is 1. The highest BCUT2D eigenvalue weighted by Crippen LogP contribution is 2.54. The lowest BCUT2D eigenvalue weighted by atomic mass is 9.66. The van der Waals surface area contributed by atoms with Crippen LogP contribution in [0.5, 0.6) is 11.5 Å². The second-order valence-electron chi connectivity index (χ2n) is 7.15. The maximum Gasteiger partial charge on any atom is 0.153 e. The summed E-state index contributed by atoms with van der Waals surface area (Å²) in [7, 11) is 3.41. The molecule has 25 heavy (non-hydrogen) atoms. The van der Waals surface area contributed by atoms with Gasteiger partial charge in [0.2, 0.25) is 0 Å². The van der Waals surface area contributed by atoms with E-state index < -0.39 is 0 Å². The zero-order valence-corrected chi connectivity index (χ0v) is 14.9. The minimum atomic E-state index is 0.385. The fourth-order valence-electron chi connectivity index (χ4n) is 4.45. The van der Waals surface area contributed by atoms with E-state index in [1.807, 2.05) is 6.07 Å². The molecule has 0 spiro atoms. The lowest BCUT2D eigenvalue weighted by molar-refractivity contribution is 0.112. The van der Waals surface area contributed by atoms with Gasteiger partial charge in [-0.05, 0) is 78.3 Å².